The van der Waals surface area contributed by atoms with Crippen molar-refractivity contribution in [2.24, 2.45) is 11.8 Å². The summed E-state index contributed by atoms with van der Waals surface area (Å²) in [5, 5.41) is 15.0. The van der Waals surface area contributed by atoms with Crippen LogP contribution in [0, 0.1) is 17.9 Å². The van der Waals surface area contributed by atoms with E-state index in [0.717, 1.165) is 48.4 Å². The molecule has 2 heterocycles. The zero-order valence-corrected chi connectivity index (χ0v) is 33.9. The smallest absolute Gasteiger partial charge is 0.162 e. The number of rotatable bonds is 10. The van der Waals surface area contributed by atoms with E-state index in [4.69, 9.17) is 9.97 Å². The molecule has 1 N–H and O–H groups in total. The van der Waals surface area contributed by atoms with Crippen LogP contribution in [0.25, 0.3) is 42.3 Å². The average Bonchev–Trinajstić information content (AvgIpc) is 3.73. The number of aliphatic hydroxyl groups excluding tert-OH is 1. The van der Waals surface area contributed by atoms with E-state index in [2.05, 4.69) is 74.2 Å². The van der Waals surface area contributed by atoms with Crippen LogP contribution in [0.5, 0.6) is 0 Å². The number of carbonyl (C=O) groups excluding carboxylic acids is 1. The number of aliphatic hydroxyl groups is 1. The fourth-order valence-corrected chi connectivity index (χ4v) is 9.87. The third-order valence-electron chi connectivity index (χ3n) is 10.0. The van der Waals surface area contributed by atoms with Crippen molar-refractivity contribution in [2.75, 3.05) is 0 Å². The molecule has 4 nitrogen and oxygen atoms in total. The standard InChI is InChI=1S/C28H27N2SSi.C13H24O2.Ir/c1-32(2,3)25-16-21(14-20-10-6-7-11-22(20)25)26-28-27(30-17-29-26)23-13-12-19(15-24(23)31-28)18-8-4-5-9-18;1-5-10(6-2)12(14)9-13(15)11(7-3)8-4;/h6-7,10-13,15-18H,4-5,8-9H2,1-3H3;9-11,14H,5-8H2,1-4H3;/q-1;;/b;12-9-;. The van der Waals surface area contributed by atoms with Gasteiger partial charge in [0, 0.05) is 58.5 Å². The largest absolute Gasteiger partial charge is 0.512 e. The van der Waals surface area contributed by atoms with Gasteiger partial charge in [0.05, 0.1) is 19.3 Å². The first kappa shape index (κ1) is 38.1. The fourth-order valence-electron chi connectivity index (χ4n) is 7.05. The molecule has 1 fully saturated rings. The molecule has 0 aliphatic heterocycles. The summed E-state index contributed by atoms with van der Waals surface area (Å²) in [5.74, 6) is 1.27. The van der Waals surface area contributed by atoms with Crippen LogP contribution in [-0.2, 0) is 24.9 Å². The van der Waals surface area contributed by atoms with Crippen molar-refractivity contribution >= 4 is 61.5 Å². The number of carbonyl (C=O) groups is 1. The maximum Gasteiger partial charge on any atom is 0.162 e. The van der Waals surface area contributed by atoms with Crippen molar-refractivity contribution < 1.29 is 30.0 Å². The van der Waals surface area contributed by atoms with E-state index in [1.165, 1.54) is 68.1 Å². The molecule has 2 aromatic heterocycles. The number of thiophene rings is 1. The van der Waals surface area contributed by atoms with Gasteiger partial charge in [-0.05, 0) is 56.1 Å². The molecule has 0 bridgehead atoms. The number of benzene rings is 3. The number of fused-ring (bicyclic) bond motifs is 4. The maximum absolute atomic E-state index is 11.7. The Labute approximate surface area is 305 Å². The Balaban J connectivity index is 0.000000279. The molecular weight excluding hydrogens is 805 g/mol. The summed E-state index contributed by atoms with van der Waals surface area (Å²) >= 11 is 1.84. The van der Waals surface area contributed by atoms with Gasteiger partial charge in [0.25, 0.3) is 0 Å². The van der Waals surface area contributed by atoms with Crippen LogP contribution in [0.4, 0.5) is 0 Å². The van der Waals surface area contributed by atoms with E-state index >= 15 is 0 Å². The third-order valence-corrected chi connectivity index (χ3v) is 13.2. The monoisotopic (exact) mass is 856 g/mol. The first-order chi connectivity index (χ1) is 22.6. The fraction of sp³-hybridized carbons (Fsp3) is 0.439. The summed E-state index contributed by atoms with van der Waals surface area (Å²) in [5.41, 5.74) is 4.68. The molecular formula is C41H51IrN2O2SSi-. The molecule has 1 aliphatic carbocycles. The van der Waals surface area contributed by atoms with Crippen LogP contribution >= 0.6 is 11.3 Å². The van der Waals surface area contributed by atoms with E-state index in [-0.39, 0.29) is 43.5 Å². The SMILES string of the molecule is CCC(CC)C(=O)/C=C(\O)C(CC)CC.C[Si](C)(C)c1cc(-c2ncnc3c2sc2cc(C4CCCC4)ccc23)[c-]c2ccccc12.[Ir]. The summed E-state index contributed by atoms with van der Waals surface area (Å²) in [6, 6.07) is 21.7. The van der Waals surface area contributed by atoms with Gasteiger partial charge in [0.15, 0.2) is 5.78 Å². The number of aromatic nitrogens is 2. The van der Waals surface area contributed by atoms with Gasteiger partial charge in [0.2, 0.25) is 0 Å². The van der Waals surface area contributed by atoms with Gasteiger partial charge in [-0.3, -0.25) is 9.78 Å². The predicted molar refractivity (Wildman–Crippen MR) is 205 cm³/mol. The summed E-state index contributed by atoms with van der Waals surface area (Å²) < 4.78 is 2.51. The van der Waals surface area contributed by atoms with Gasteiger partial charge in [-0.2, -0.15) is 0 Å². The summed E-state index contributed by atoms with van der Waals surface area (Å²) in [6.07, 6.45) is 12.0. The van der Waals surface area contributed by atoms with Crippen LogP contribution in [0.1, 0.15) is 90.5 Å². The Kier molecular flexibility index (Phi) is 13.3. The maximum atomic E-state index is 11.7. The van der Waals surface area contributed by atoms with Crippen LogP contribution < -0.4 is 5.19 Å². The van der Waals surface area contributed by atoms with Crippen LogP contribution in [0.3, 0.4) is 0 Å². The Bertz CT molecular complexity index is 1880. The van der Waals surface area contributed by atoms with Crippen molar-refractivity contribution in [2.45, 2.75) is 105 Å². The summed E-state index contributed by atoms with van der Waals surface area (Å²) in [7, 11) is -1.54. The molecule has 6 rings (SSSR count). The van der Waals surface area contributed by atoms with Gasteiger partial charge in [-0.25, -0.2) is 4.98 Å². The number of ketones is 1. The molecule has 48 heavy (non-hydrogen) atoms. The topological polar surface area (TPSA) is 63.1 Å². The van der Waals surface area contributed by atoms with E-state index in [1.54, 1.807) is 6.33 Å². The van der Waals surface area contributed by atoms with Crippen molar-refractivity contribution in [1.82, 2.24) is 9.97 Å². The van der Waals surface area contributed by atoms with Crippen LogP contribution in [0.2, 0.25) is 19.6 Å². The van der Waals surface area contributed by atoms with Gasteiger partial charge in [-0.15, -0.1) is 40.1 Å². The predicted octanol–water partition coefficient (Wildman–Crippen LogP) is 11.5. The molecule has 1 saturated carbocycles. The van der Waals surface area contributed by atoms with Gasteiger partial charge in [0.1, 0.15) is 6.33 Å². The Morgan fingerprint density at radius 1 is 0.938 bits per heavy atom. The minimum Gasteiger partial charge on any atom is -0.512 e. The third kappa shape index (κ3) is 8.35. The zero-order valence-electron chi connectivity index (χ0n) is 29.7. The first-order valence-electron chi connectivity index (χ1n) is 17.7. The molecule has 1 aliphatic rings. The second-order valence-corrected chi connectivity index (χ2v) is 20.2. The van der Waals surface area contributed by atoms with Gasteiger partial charge >= 0.3 is 0 Å². The Hall–Kier alpha value is -2.70. The van der Waals surface area contributed by atoms with Gasteiger partial charge < -0.3 is 5.11 Å². The van der Waals surface area contributed by atoms with E-state index in [1.807, 2.05) is 39.0 Å². The average molecular weight is 856 g/mol. The number of hydrogen-bond donors (Lipinski definition) is 1. The van der Waals surface area contributed by atoms with Crippen LogP contribution in [-0.4, -0.2) is 28.9 Å². The molecule has 0 atom stereocenters. The number of allylic oxidation sites excluding steroid dienone is 2. The van der Waals surface area contributed by atoms with Crippen LogP contribution in [0.15, 0.2) is 66.7 Å². The minimum atomic E-state index is -1.54. The van der Waals surface area contributed by atoms with Crippen molar-refractivity contribution in [3.8, 4) is 11.3 Å². The molecule has 7 heteroatoms. The molecule has 257 valence electrons. The molecule has 0 unspecified atom stereocenters. The van der Waals surface area contributed by atoms with E-state index in [0.29, 0.717) is 0 Å². The van der Waals surface area contributed by atoms with Gasteiger partial charge in [-0.1, -0.05) is 101 Å². The summed E-state index contributed by atoms with van der Waals surface area (Å²) in [4.78, 5) is 21.2. The Morgan fingerprint density at radius 3 is 2.25 bits per heavy atom. The van der Waals surface area contributed by atoms with Crippen molar-refractivity contribution in [3.05, 3.63) is 78.3 Å². The molecule has 0 spiro atoms. The molecule has 3 aromatic carbocycles. The van der Waals surface area contributed by atoms with Crippen molar-refractivity contribution in [3.63, 3.8) is 0 Å². The zero-order chi connectivity index (χ0) is 33.7. The number of hydrogen-bond acceptors (Lipinski definition) is 5. The minimum absolute atomic E-state index is 0. The molecule has 0 saturated heterocycles. The Morgan fingerprint density at radius 2 is 1.60 bits per heavy atom. The van der Waals surface area contributed by atoms with Crippen molar-refractivity contribution in [1.29, 1.82) is 0 Å². The number of nitrogens with zero attached hydrogens (tertiary/aromatic N) is 2. The second kappa shape index (κ2) is 16.8. The van der Waals surface area contributed by atoms with E-state index in [9.17, 15) is 9.90 Å². The first-order valence-corrected chi connectivity index (χ1v) is 22.0. The second-order valence-electron chi connectivity index (χ2n) is 14.1. The quantitative estimate of drug-likeness (QED) is 0.0658. The molecule has 1 radical (unpaired) electrons. The normalized spacial score (nSPS) is 14.1. The summed E-state index contributed by atoms with van der Waals surface area (Å²) in [6.45, 7) is 15.3. The molecule has 5 aromatic rings. The van der Waals surface area contributed by atoms with E-state index < -0.39 is 8.07 Å². The molecule has 0 amide bonds.